The molecule has 1 aromatic heterocycles. The molecule has 1 aliphatic heterocycles. The number of rotatable bonds is 4. The Morgan fingerprint density at radius 1 is 1.52 bits per heavy atom. The molecular formula is C14H21N3O3S. The van der Waals surface area contributed by atoms with Gasteiger partial charge in [0.25, 0.3) is 5.56 Å². The van der Waals surface area contributed by atoms with Crippen LogP contribution in [0.2, 0.25) is 0 Å². The largest absolute Gasteiger partial charge is 0.381 e. The fraction of sp³-hybridized carbons (Fsp3) is 0.643. The highest BCUT2D eigenvalue weighted by molar-refractivity contribution is 8.00. The Morgan fingerprint density at radius 3 is 2.81 bits per heavy atom. The van der Waals surface area contributed by atoms with Gasteiger partial charge in [-0.15, -0.1) is 0 Å². The average Bonchev–Trinajstić information content (AvgIpc) is 2.45. The van der Waals surface area contributed by atoms with Crippen molar-refractivity contribution in [3.05, 3.63) is 22.1 Å². The number of carbonyl (C=O) groups excluding carboxylic acids is 1. The van der Waals surface area contributed by atoms with Crippen LogP contribution in [0.4, 0.5) is 0 Å². The van der Waals surface area contributed by atoms with Gasteiger partial charge in [0.2, 0.25) is 5.91 Å². The van der Waals surface area contributed by atoms with Crippen molar-refractivity contribution in [3.8, 4) is 0 Å². The molecule has 1 amide bonds. The highest BCUT2D eigenvalue weighted by Crippen LogP contribution is 2.22. The summed E-state index contributed by atoms with van der Waals surface area (Å²) in [6.45, 7) is 5.01. The normalized spacial score (nSPS) is 17.5. The van der Waals surface area contributed by atoms with Gasteiger partial charge in [-0.1, -0.05) is 11.8 Å². The van der Waals surface area contributed by atoms with Crippen molar-refractivity contribution < 1.29 is 9.53 Å². The van der Waals surface area contributed by atoms with Gasteiger partial charge in [0, 0.05) is 38.1 Å². The number of amides is 1. The summed E-state index contributed by atoms with van der Waals surface area (Å²) in [7, 11) is 1.84. The Balaban J connectivity index is 1.99. The fourth-order valence-electron chi connectivity index (χ4n) is 2.36. The highest BCUT2D eigenvalue weighted by atomic mass is 32.2. The molecule has 7 heteroatoms. The number of hydrogen-bond acceptors (Lipinski definition) is 5. The van der Waals surface area contributed by atoms with E-state index in [2.05, 4.69) is 9.97 Å². The van der Waals surface area contributed by atoms with E-state index >= 15 is 0 Å². The van der Waals surface area contributed by atoms with E-state index in [9.17, 15) is 9.59 Å². The Kier molecular flexibility index (Phi) is 5.41. The summed E-state index contributed by atoms with van der Waals surface area (Å²) in [5.41, 5.74) is 0.459. The Hall–Kier alpha value is -1.34. The minimum Gasteiger partial charge on any atom is -0.381 e. The van der Waals surface area contributed by atoms with Gasteiger partial charge >= 0.3 is 0 Å². The standard InChI is InChI=1S/C14H21N3O3S/c1-9-8-12(18)16-14(15-9)21-10(2)13(19)17(3)11-4-6-20-7-5-11/h8,10-11H,4-7H2,1-3H3,(H,15,16,18)/t10-/m1/s1. The summed E-state index contributed by atoms with van der Waals surface area (Å²) < 4.78 is 5.32. The van der Waals surface area contributed by atoms with Crippen molar-refractivity contribution in [2.75, 3.05) is 20.3 Å². The van der Waals surface area contributed by atoms with Crippen molar-refractivity contribution >= 4 is 17.7 Å². The SMILES string of the molecule is Cc1cc(=O)[nH]c(S[C@H](C)C(=O)N(C)C2CCOCC2)n1. The number of H-pyrrole nitrogens is 1. The van der Waals surface area contributed by atoms with E-state index < -0.39 is 0 Å². The number of nitrogens with zero attached hydrogens (tertiary/aromatic N) is 2. The lowest BCUT2D eigenvalue weighted by Crippen LogP contribution is -2.43. The van der Waals surface area contributed by atoms with Crippen molar-refractivity contribution in [3.63, 3.8) is 0 Å². The van der Waals surface area contributed by atoms with Gasteiger partial charge < -0.3 is 14.6 Å². The van der Waals surface area contributed by atoms with Gasteiger partial charge in [-0.3, -0.25) is 9.59 Å². The van der Waals surface area contributed by atoms with Crippen LogP contribution in [0.25, 0.3) is 0 Å². The first kappa shape index (κ1) is 16.0. The Bertz CT molecular complexity index is 555. The van der Waals surface area contributed by atoms with Gasteiger partial charge in [0.1, 0.15) is 0 Å². The van der Waals surface area contributed by atoms with Crippen molar-refractivity contribution in [1.82, 2.24) is 14.9 Å². The molecule has 116 valence electrons. The van der Waals surface area contributed by atoms with Crippen molar-refractivity contribution in [1.29, 1.82) is 0 Å². The molecule has 0 unspecified atom stereocenters. The molecule has 1 fully saturated rings. The third kappa shape index (κ3) is 4.31. The second kappa shape index (κ2) is 7.09. The summed E-state index contributed by atoms with van der Waals surface area (Å²) >= 11 is 1.28. The molecule has 1 saturated heterocycles. The molecule has 0 aromatic carbocycles. The van der Waals surface area contributed by atoms with Crippen LogP contribution in [0.3, 0.4) is 0 Å². The maximum absolute atomic E-state index is 12.5. The Labute approximate surface area is 128 Å². The molecule has 1 atom stereocenters. The van der Waals surface area contributed by atoms with Gasteiger partial charge in [-0.2, -0.15) is 0 Å². The predicted octanol–water partition coefficient (Wildman–Crippen LogP) is 1.20. The van der Waals surface area contributed by atoms with Crippen LogP contribution in [0, 0.1) is 6.92 Å². The average molecular weight is 311 g/mol. The lowest BCUT2D eigenvalue weighted by Gasteiger charge is -2.32. The van der Waals surface area contributed by atoms with Crippen LogP contribution < -0.4 is 5.56 Å². The van der Waals surface area contributed by atoms with E-state index in [-0.39, 0.29) is 22.8 Å². The van der Waals surface area contributed by atoms with E-state index in [1.807, 2.05) is 14.0 Å². The van der Waals surface area contributed by atoms with Crippen LogP contribution in [0.5, 0.6) is 0 Å². The molecule has 6 nitrogen and oxygen atoms in total. The van der Waals surface area contributed by atoms with E-state index in [4.69, 9.17) is 4.74 Å². The summed E-state index contributed by atoms with van der Waals surface area (Å²) in [4.78, 5) is 32.6. The maximum atomic E-state index is 12.5. The number of aromatic nitrogens is 2. The summed E-state index contributed by atoms with van der Waals surface area (Å²) in [5.74, 6) is 0.0519. The van der Waals surface area contributed by atoms with E-state index in [0.717, 1.165) is 12.8 Å². The first-order valence-electron chi connectivity index (χ1n) is 7.06. The molecule has 1 aromatic rings. The zero-order valence-electron chi connectivity index (χ0n) is 12.6. The Morgan fingerprint density at radius 2 is 2.19 bits per heavy atom. The number of ether oxygens (including phenoxy) is 1. The molecule has 0 saturated carbocycles. The minimum absolute atomic E-state index is 0.0519. The number of carbonyl (C=O) groups is 1. The van der Waals surface area contributed by atoms with Crippen molar-refractivity contribution in [2.45, 2.75) is 43.1 Å². The van der Waals surface area contributed by atoms with Gasteiger partial charge in [-0.05, 0) is 26.7 Å². The molecule has 1 aliphatic rings. The molecule has 21 heavy (non-hydrogen) atoms. The minimum atomic E-state index is -0.289. The fourth-order valence-corrected chi connectivity index (χ4v) is 3.32. The molecule has 2 heterocycles. The van der Waals surface area contributed by atoms with Gasteiger partial charge in [-0.25, -0.2) is 4.98 Å². The quantitative estimate of drug-likeness (QED) is 0.668. The number of aromatic amines is 1. The van der Waals surface area contributed by atoms with Gasteiger partial charge in [0.15, 0.2) is 5.16 Å². The van der Waals surface area contributed by atoms with E-state index in [1.165, 1.54) is 17.8 Å². The predicted molar refractivity (Wildman–Crippen MR) is 81.5 cm³/mol. The first-order chi connectivity index (χ1) is 9.97. The number of aryl methyl sites for hydroxylation is 1. The molecule has 0 bridgehead atoms. The second-order valence-corrected chi connectivity index (χ2v) is 6.57. The van der Waals surface area contributed by atoms with Crippen molar-refractivity contribution in [2.24, 2.45) is 0 Å². The molecule has 0 aliphatic carbocycles. The smallest absolute Gasteiger partial charge is 0.251 e. The summed E-state index contributed by atoms with van der Waals surface area (Å²) in [5, 5.41) is 0.198. The lowest BCUT2D eigenvalue weighted by atomic mass is 10.1. The monoisotopic (exact) mass is 311 g/mol. The van der Waals surface area contributed by atoms with Gasteiger partial charge in [0.05, 0.1) is 5.25 Å². The topological polar surface area (TPSA) is 75.3 Å². The number of hydrogen-bond donors (Lipinski definition) is 1. The summed E-state index contributed by atoms with van der Waals surface area (Å²) in [6.07, 6.45) is 1.75. The maximum Gasteiger partial charge on any atom is 0.251 e. The second-order valence-electron chi connectivity index (χ2n) is 5.24. The highest BCUT2D eigenvalue weighted by Gasteiger charge is 2.26. The summed E-state index contributed by atoms with van der Waals surface area (Å²) in [6, 6.07) is 1.67. The number of thioether (sulfide) groups is 1. The molecule has 0 radical (unpaired) electrons. The van der Waals surface area contributed by atoms with E-state index in [1.54, 1.807) is 11.8 Å². The lowest BCUT2D eigenvalue weighted by molar-refractivity contribution is -0.132. The van der Waals surface area contributed by atoms with Crippen LogP contribution in [-0.4, -0.2) is 52.3 Å². The van der Waals surface area contributed by atoms with Crippen LogP contribution in [0.1, 0.15) is 25.5 Å². The first-order valence-corrected chi connectivity index (χ1v) is 7.94. The van der Waals surface area contributed by atoms with Crippen LogP contribution in [0.15, 0.2) is 16.0 Å². The van der Waals surface area contributed by atoms with Crippen LogP contribution >= 0.6 is 11.8 Å². The zero-order chi connectivity index (χ0) is 15.4. The van der Waals surface area contributed by atoms with E-state index in [0.29, 0.717) is 24.1 Å². The third-order valence-electron chi connectivity index (χ3n) is 3.57. The molecule has 1 N–H and O–H groups in total. The number of nitrogens with one attached hydrogen (secondary N) is 1. The molecular weight excluding hydrogens is 290 g/mol. The van der Waals surface area contributed by atoms with Crippen LogP contribution in [-0.2, 0) is 9.53 Å². The molecule has 2 rings (SSSR count). The molecule has 0 spiro atoms. The zero-order valence-corrected chi connectivity index (χ0v) is 13.4. The third-order valence-corrected chi connectivity index (χ3v) is 4.54.